The number of carbonyl (C=O) groups excluding carboxylic acids is 1. The minimum absolute atomic E-state index is 0.184. The average Bonchev–Trinajstić information content (AvgIpc) is 3.21. The van der Waals surface area contributed by atoms with Gasteiger partial charge in [0.2, 0.25) is 0 Å². The van der Waals surface area contributed by atoms with Crippen LogP contribution in [0, 0.1) is 0 Å². The molecule has 0 bridgehead atoms. The molecule has 23 heavy (non-hydrogen) atoms. The van der Waals surface area contributed by atoms with Crippen LogP contribution in [-0.4, -0.2) is 35.5 Å². The monoisotopic (exact) mass is 314 g/mol. The molecule has 1 aromatic carbocycles. The number of nitrogens with one attached hydrogen (secondary N) is 1. The number of furan rings is 1. The Labute approximate surface area is 135 Å². The van der Waals surface area contributed by atoms with E-state index in [-0.39, 0.29) is 11.7 Å². The first-order chi connectivity index (χ1) is 11.2. The third-order valence-corrected chi connectivity index (χ3v) is 4.10. The van der Waals surface area contributed by atoms with Gasteiger partial charge in [-0.3, -0.25) is 9.69 Å². The van der Waals surface area contributed by atoms with Gasteiger partial charge in [-0.2, -0.15) is 0 Å². The quantitative estimate of drug-likeness (QED) is 0.860. The van der Waals surface area contributed by atoms with Crippen LogP contribution in [0.3, 0.4) is 0 Å². The number of likely N-dealkylation sites (tertiary alicyclic amines) is 1. The van der Waals surface area contributed by atoms with Crippen LogP contribution in [0.15, 0.2) is 40.8 Å². The van der Waals surface area contributed by atoms with Crippen molar-refractivity contribution >= 4 is 5.91 Å². The number of benzene rings is 1. The van der Waals surface area contributed by atoms with Crippen molar-refractivity contribution in [1.82, 2.24) is 10.2 Å². The molecule has 2 N–H and O–H groups in total. The highest BCUT2D eigenvalue weighted by Crippen LogP contribution is 2.15. The second-order valence-electron chi connectivity index (χ2n) is 5.92. The molecule has 5 nitrogen and oxygen atoms in total. The maximum atomic E-state index is 12.1. The van der Waals surface area contributed by atoms with Crippen molar-refractivity contribution in [2.24, 2.45) is 0 Å². The summed E-state index contributed by atoms with van der Waals surface area (Å²) in [6.07, 6.45) is 3.20. The molecule has 3 rings (SSSR count). The van der Waals surface area contributed by atoms with E-state index in [1.54, 1.807) is 18.2 Å². The van der Waals surface area contributed by atoms with Crippen LogP contribution in [0.4, 0.5) is 0 Å². The van der Waals surface area contributed by atoms with Gasteiger partial charge in [-0.15, -0.1) is 0 Å². The molecular formula is C18H22N2O3. The van der Waals surface area contributed by atoms with E-state index in [0.29, 0.717) is 18.7 Å². The predicted octanol–water partition coefficient (Wildman–Crippen LogP) is 2.55. The third-order valence-electron chi connectivity index (χ3n) is 4.10. The SMILES string of the molecule is O=C(NCCc1ccc(O)cc1)c1ccc(CN2CCCC2)o1. The summed E-state index contributed by atoms with van der Waals surface area (Å²) in [6.45, 7) is 3.52. The van der Waals surface area contributed by atoms with Gasteiger partial charge in [0.25, 0.3) is 5.91 Å². The number of carbonyl (C=O) groups is 1. The highest BCUT2D eigenvalue weighted by Gasteiger charge is 2.15. The molecular weight excluding hydrogens is 292 g/mol. The third kappa shape index (κ3) is 4.36. The molecule has 0 spiro atoms. The minimum Gasteiger partial charge on any atom is -0.508 e. The molecule has 1 fully saturated rings. The van der Waals surface area contributed by atoms with E-state index in [0.717, 1.165) is 31.0 Å². The maximum absolute atomic E-state index is 12.1. The first-order valence-electron chi connectivity index (χ1n) is 8.08. The van der Waals surface area contributed by atoms with Crippen molar-refractivity contribution in [2.75, 3.05) is 19.6 Å². The van der Waals surface area contributed by atoms with Crippen molar-refractivity contribution in [3.63, 3.8) is 0 Å². The molecule has 0 atom stereocenters. The van der Waals surface area contributed by atoms with Crippen molar-refractivity contribution in [1.29, 1.82) is 0 Å². The number of amides is 1. The van der Waals surface area contributed by atoms with Gasteiger partial charge in [-0.05, 0) is 62.2 Å². The van der Waals surface area contributed by atoms with Gasteiger partial charge in [0.15, 0.2) is 5.76 Å². The Hall–Kier alpha value is -2.27. The predicted molar refractivity (Wildman–Crippen MR) is 87.4 cm³/mol. The second-order valence-corrected chi connectivity index (χ2v) is 5.92. The van der Waals surface area contributed by atoms with Crippen LogP contribution >= 0.6 is 0 Å². The van der Waals surface area contributed by atoms with Gasteiger partial charge in [0, 0.05) is 6.54 Å². The maximum Gasteiger partial charge on any atom is 0.287 e. The van der Waals surface area contributed by atoms with Crippen LogP contribution < -0.4 is 5.32 Å². The molecule has 5 heteroatoms. The van der Waals surface area contributed by atoms with Crippen LogP contribution in [0.1, 0.15) is 34.7 Å². The Balaban J connectivity index is 1.46. The number of phenols is 1. The number of hydrogen-bond donors (Lipinski definition) is 2. The number of aromatic hydroxyl groups is 1. The Bertz CT molecular complexity index is 643. The lowest BCUT2D eigenvalue weighted by atomic mass is 10.1. The number of phenolic OH excluding ortho intramolecular Hbond substituents is 1. The highest BCUT2D eigenvalue weighted by atomic mass is 16.4. The van der Waals surface area contributed by atoms with E-state index >= 15 is 0 Å². The molecule has 0 aliphatic carbocycles. The first-order valence-corrected chi connectivity index (χ1v) is 8.08. The lowest BCUT2D eigenvalue weighted by Gasteiger charge is -2.11. The van der Waals surface area contributed by atoms with E-state index in [4.69, 9.17) is 4.42 Å². The van der Waals surface area contributed by atoms with Crippen LogP contribution in [0.25, 0.3) is 0 Å². The summed E-state index contributed by atoms with van der Waals surface area (Å²) in [6, 6.07) is 10.6. The van der Waals surface area contributed by atoms with Crippen molar-refractivity contribution in [3.8, 4) is 5.75 Å². The Kier molecular flexibility index (Phi) is 4.98. The van der Waals surface area contributed by atoms with Crippen LogP contribution in [0.2, 0.25) is 0 Å². The fourth-order valence-corrected chi connectivity index (χ4v) is 2.82. The van der Waals surface area contributed by atoms with Gasteiger partial charge in [0.1, 0.15) is 11.5 Å². The van der Waals surface area contributed by atoms with Gasteiger partial charge in [-0.1, -0.05) is 12.1 Å². The molecule has 2 aromatic rings. The molecule has 1 aliphatic rings. The molecule has 1 aromatic heterocycles. The molecule has 1 amide bonds. The number of nitrogens with zero attached hydrogens (tertiary/aromatic N) is 1. The summed E-state index contributed by atoms with van der Waals surface area (Å²) >= 11 is 0. The first kappa shape index (κ1) is 15.6. The highest BCUT2D eigenvalue weighted by molar-refractivity contribution is 5.91. The van der Waals surface area contributed by atoms with Crippen LogP contribution in [0.5, 0.6) is 5.75 Å². The van der Waals surface area contributed by atoms with Gasteiger partial charge < -0.3 is 14.8 Å². The lowest BCUT2D eigenvalue weighted by molar-refractivity contribution is 0.0923. The van der Waals surface area contributed by atoms with Crippen molar-refractivity contribution in [3.05, 3.63) is 53.5 Å². The largest absolute Gasteiger partial charge is 0.508 e. The summed E-state index contributed by atoms with van der Waals surface area (Å²) < 4.78 is 5.64. The molecule has 0 saturated carbocycles. The summed E-state index contributed by atoms with van der Waals surface area (Å²) in [7, 11) is 0. The van der Waals surface area contributed by atoms with Crippen LogP contribution in [-0.2, 0) is 13.0 Å². The fraction of sp³-hybridized carbons (Fsp3) is 0.389. The smallest absolute Gasteiger partial charge is 0.287 e. The topological polar surface area (TPSA) is 65.7 Å². The Morgan fingerprint density at radius 2 is 1.87 bits per heavy atom. The molecule has 122 valence electrons. The molecule has 2 heterocycles. The summed E-state index contributed by atoms with van der Waals surface area (Å²) in [5, 5.41) is 12.1. The minimum atomic E-state index is -0.184. The van der Waals surface area contributed by atoms with E-state index < -0.39 is 0 Å². The standard InChI is InChI=1S/C18H22N2O3/c21-15-5-3-14(4-6-15)9-10-19-18(22)17-8-7-16(23-17)13-20-11-1-2-12-20/h3-8,21H,1-2,9-13H2,(H,19,22). The Morgan fingerprint density at radius 3 is 2.61 bits per heavy atom. The number of rotatable bonds is 6. The normalized spacial score (nSPS) is 15.0. The Morgan fingerprint density at radius 1 is 1.13 bits per heavy atom. The summed E-state index contributed by atoms with van der Waals surface area (Å²) in [4.78, 5) is 14.4. The van der Waals surface area contributed by atoms with E-state index in [2.05, 4.69) is 10.2 Å². The number of hydrogen-bond acceptors (Lipinski definition) is 4. The summed E-state index contributed by atoms with van der Waals surface area (Å²) in [5.74, 6) is 1.27. The van der Waals surface area contributed by atoms with E-state index in [1.807, 2.05) is 18.2 Å². The second kappa shape index (κ2) is 7.33. The molecule has 1 saturated heterocycles. The van der Waals surface area contributed by atoms with Gasteiger partial charge in [-0.25, -0.2) is 0 Å². The van der Waals surface area contributed by atoms with Gasteiger partial charge in [0.05, 0.1) is 6.54 Å². The lowest BCUT2D eigenvalue weighted by Crippen LogP contribution is -2.25. The fourth-order valence-electron chi connectivity index (χ4n) is 2.82. The van der Waals surface area contributed by atoms with Crippen molar-refractivity contribution in [2.45, 2.75) is 25.8 Å². The van der Waals surface area contributed by atoms with E-state index in [9.17, 15) is 9.90 Å². The summed E-state index contributed by atoms with van der Waals surface area (Å²) in [5.41, 5.74) is 1.07. The van der Waals surface area contributed by atoms with E-state index in [1.165, 1.54) is 12.8 Å². The zero-order chi connectivity index (χ0) is 16.1. The zero-order valence-corrected chi connectivity index (χ0v) is 13.1. The van der Waals surface area contributed by atoms with Crippen molar-refractivity contribution < 1.29 is 14.3 Å². The average molecular weight is 314 g/mol. The molecule has 0 radical (unpaired) electrons. The molecule has 1 aliphatic heterocycles. The molecule has 0 unspecified atom stereocenters. The zero-order valence-electron chi connectivity index (χ0n) is 13.1. The van der Waals surface area contributed by atoms with Gasteiger partial charge >= 0.3 is 0 Å².